The van der Waals surface area contributed by atoms with E-state index in [9.17, 15) is 4.79 Å². The number of nitrogens with one attached hydrogen (secondary N) is 2. The lowest BCUT2D eigenvalue weighted by Crippen LogP contribution is -2.54. The van der Waals surface area contributed by atoms with Crippen LogP contribution in [0.1, 0.15) is 58.4 Å². The van der Waals surface area contributed by atoms with Gasteiger partial charge in [-0.05, 0) is 70.8 Å². The van der Waals surface area contributed by atoms with Crippen LogP contribution in [0.5, 0.6) is 0 Å². The quantitative estimate of drug-likeness (QED) is 0.322. The van der Waals surface area contributed by atoms with E-state index < -0.39 is 0 Å². The molecule has 1 aromatic carbocycles. The SMILES string of the molecule is CCNC(=NCc1ccc(N2CCCC2=O)cc1)NCC(C)(C)N1CCCCC1.I. The van der Waals surface area contributed by atoms with Gasteiger partial charge in [0.25, 0.3) is 0 Å². The van der Waals surface area contributed by atoms with Crippen LogP contribution < -0.4 is 15.5 Å². The molecular weight excluding hydrogens is 489 g/mol. The Balaban J connectivity index is 0.00000320. The largest absolute Gasteiger partial charge is 0.357 e. The average molecular weight is 527 g/mol. The van der Waals surface area contributed by atoms with Gasteiger partial charge in [-0.3, -0.25) is 9.69 Å². The van der Waals surface area contributed by atoms with Crippen LogP contribution >= 0.6 is 24.0 Å². The minimum Gasteiger partial charge on any atom is -0.357 e. The zero-order chi connectivity index (χ0) is 20.7. The highest BCUT2D eigenvalue weighted by Crippen LogP contribution is 2.22. The van der Waals surface area contributed by atoms with E-state index in [1.165, 1.54) is 32.4 Å². The maximum Gasteiger partial charge on any atom is 0.227 e. The summed E-state index contributed by atoms with van der Waals surface area (Å²) in [5, 5.41) is 6.89. The number of likely N-dealkylation sites (tertiary alicyclic amines) is 1. The standard InChI is InChI=1S/C23H37N5O.HI/c1-4-24-22(26-18-23(2,3)27-14-6-5-7-15-27)25-17-19-10-12-20(13-11-19)28-16-8-9-21(28)29;/h10-13H,4-9,14-18H2,1-3H3,(H2,24,25,26);1H. The molecule has 0 aromatic heterocycles. The van der Waals surface area contributed by atoms with E-state index in [1.54, 1.807) is 0 Å². The third-order valence-electron chi connectivity index (χ3n) is 5.99. The number of guanidine groups is 1. The van der Waals surface area contributed by atoms with Crippen molar-refractivity contribution in [2.75, 3.05) is 37.6 Å². The molecule has 0 aliphatic carbocycles. The summed E-state index contributed by atoms with van der Waals surface area (Å²) in [4.78, 5) is 21.1. The van der Waals surface area contributed by atoms with E-state index in [2.05, 4.69) is 48.4 Å². The normalized spacial score (nSPS) is 18.3. The smallest absolute Gasteiger partial charge is 0.227 e. The summed E-state index contributed by atoms with van der Waals surface area (Å²) in [6.45, 7) is 12.3. The van der Waals surface area contributed by atoms with Gasteiger partial charge < -0.3 is 15.5 Å². The fraction of sp³-hybridized carbons (Fsp3) is 0.652. The van der Waals surface area contributed by atoms with Gasteiger partial charge in [0.1, 0.15) is 0 Å². The Morgan fingerprint density at radius 2 is 1.73 bits per heavy atom. The number of halogens is 1. The summed E-state index contributed by atoms with van der Waals surface area (Å²) in [5.41, 5.74) is 2.25. The Hall–Kier alpha value is -1.35. The number of hydrogen-bond acceptors (Lipinski definition) is 3. The highest BCUT2D eigenvalue weighted by atomic mass is 127. The Morgan fingerprint density at radius 3 is 2.33 bits per heavy atom. The van der Waals surface area contributed by atoms with Crippen molar-refractivity contribution in [2.45, 2.75) is 65.0 Å². The maximum atomic E-state index is 11.9. The molecule has 2 aliphatic heterocycles. The molecule has 0 bridgehead atoms. The molecule has 3 rings (SSSR count). The highest BCUT2D eigenvalue weighted by molar-refractivity contribution is 14.0. The van der Waals surface area contributed by atoms with Crippen LogP contribution in [0.15, 0.2) is 29.3 Å². The minimum atomic E-state index is 0. The van der Waals surface area contributed by atoms with Gasteiger partial charge in [0, 0.05) is 37.3 Å². The lowest BCUT2D eigenvalue weighted by molar-refractivity contribution is -0.117. The third kappa shape index (κ3) is 6.83. The highest BCUT2D eigenvalue weighted by Gasteiger charge is 2.28. The van der Waals surface area contributed by atoms with Crippen molar-refractivity contribution >= 4 is 41.5 Å². The fourth-order valence-electron chi connectivity index (χ4n) is 4.13. The summed E-state index contributed by atoms with van der Waals surface area (Å²) in [5.74, 6) is 1.09. The summed E-state index contributed by atoms with van der Waals surface area (Å²) in [6, 6.07) is 8.22. The van der Waals surface area contributed by atoms with E-state index >= 15 is 0 Å². The van der Waals surface area contributed by atoms with Crippen LogP contribution in [0.3, 0.4) is 0 Å². The zero-order valence-electron chi connectivity index (χ0n) is 18.7. The number of rotatable bonds is 7. The molecule has 2 fully saturated rings. The van der Waals surface area contributed by atoms with E-state index in [4.69, 9.17) is 4.99 Å². The first-order valence-electron chi connectivity index (χ1n) is 11.2. The Morgan fingerprint density at radius 1 is 1.03 bits per heavy atom. The zero-order valence-corrected chi connectivity index (χ0v) is 21.1. The molecule has 0 atom stereocenters. The van der Waals surface area contributed by atoms with E-state index in [0.717, 1.165) is 43.3 Å². The van der Waals surface area contributed by atoms with Crippen molar-refractivity contribution in [3.63, 3.8) is 0 Å². The van der Waals surface area contributed by atoms with Crippen molar-refractivity contribution in [1.82, 2.24) is 15.5 Å². The molecule has 2 aliphatic rings. The van der Waals surface area contributed by atoms with E-state index in [-0.39, 0.29) is 35.4 Å². The van der Waals surface area contributed by atoms with Crippen LogP contribution in [-0.4, -0.2) is 55.0 Å². The van der Waals surface area contributed by atoms with Gasteiger partial charge in [0.2, 0.25) is 5.91 Å². The molecule has 2 N–H and O–H groups in total. The Kier molecular flexibility index (Phi) is 9.87. The number of carbonyl (C=O) groups is 1. The molecule has 0 radical (unpaired) electrons. The van der Waals surface area contributed by atoms with Crippen LogP contribution in [0, 0.1) is 0 Å². The molecule has 0 unspecified atom stereocenters. The predicted molar refractivity (Wildman–Crippen MR) is 136 cm³/mol. The van der Waals surface area contributed by atoms with Crippen LogP contribution in [0.25, 0.3) is 0 Å². The number of nitrogens with zero attached hydrogens (tertiary/aromatic N) is 3. The fourth-order valence-corrected chi connectivity index (χ4v) is 4.13. The first-order valence-corrected chi connectivity index (χ1v) is 11.2. The minimum absolute atomic E-state index is 0. The monoisotopic (exact) mass is 527 g/mol. The van der Waals surface area contributed by atoms with E-state index in [0.29, 0.717) is 13.0 Å². The summed E-state index contributed by atoms with van der Waals surface area (Å²) in [6.07, 6.45) is 5.58. The van der Waals surface area contributed by atoms with Gasteiger partial charge in [-0.2, -0.15) is 0 Å². The lowest BCUT2D eigenvalue weighted by Gasteiger charge is -2.41. The molecule has 6 nitrogen and oxygen atoms in total. The van der Waals surface area contributed by atoms with Crippen molar-refractivity contribution in [2.24, 2.45) is 4.99 Å². The molecule has 7 heteroatoms. The second-order valence-electron chi connectivity index (χ2n) is 8.72. The molecular formula is C23H38IN5O. The second kappa shape index (κ2) is 11.9. The van der Waals surface area contributed by atoms with Crippen molar-refractivity contribution in [1.29, 1.82) is 0 Å². The summed E-state index contributed by atoms with van der Waals surface area (Å²) >= 11 is 0. The number of piperidine rings is 1. The topological polar surface area (TPSA) is 60.0 Å². The Bertz CT molecular complexity index is 698. The van der Waals surface area contributed by atoms with Crippen LogP contribution in [0.4, 0.5) is 5.69 Å². The average Bonchev–Trinajstić information content (AvgIpc) is 3.17. The van der Waals surface area contributed by atoms with Gasteiger partial charge >= 0.3 is 0 Å². The molecule has 168 valence electrons. The first kappa shape index (κ1) is 24.9. The maximum absolute atomic E-state index is 11.9. The third-order valence-corrected chi connectivity index (χ3v) is 5.99. The molecule has 0 saturated carbocycles. The van der Waals surface area contributed by atoms with Gasteiger partial charge in [-0.1, -0.05) is 18.6 Å². The van der Waals surface area contributed by atoms with Crippen molar-refractivity contribution in [3.8, 4) is 0 Å². The molecule has 0 spiro atoms. The lowest BCUT2D eigenvalue weighted by atomic mass is 9.98. The molecule has 1 aromatic rings. The van der Waals surface area contributed by atoms with Gasteiger partial charge in [-0.25, -0.2) is 4.99 Å². The molecule has 2 saturated heterocycles. The summed E-state index contributed by atoms with van der Waals surface area (Å²) in [7, 11) is 0. The summed E-state index contributed by atoms with van der Waals surface area (Å²) < 4.78 is 0. The van der Waals surface area contributed by atoms with Crippen molar-refractivity contribution < 1.29 is 4.79 Å². The first-order chi connectivity index (χ1) is 14.0. The van der Waals surface area contributed by atoms with E-state index in [1.807, 2.05) is 17.0 Å². The second-order valence-corrected chi connectivity index (χ2v) is 8.72. The molecule has 2 heterocycles. The Labute approximate surface area is 198 Å². The van der Waals surface area contributed by atoms with Gasteiger partial charge in [0.15, 0.2) is 5.96 Å². The number of amides is 1. The van der Waals surface area contributed by atoms with Gasteiger partial charge in [0.05, 0.1) is 6.54 Å². The number of carbonyl (C=O) groups excluding carboxylic acids is 1. The predicted octanol–water partition coefficient (Wildman–Crippen LogP) is 3.75. The van der Waals surface area contributed by atoms with Gasteiger partial charge in [-0.15, -0.1) is 24.0 Å². The number of hydrogen-bond donors (Lipinski definition) is 2. The number of anilines is 1. The van der Waals surface area contributed by atoms with Crippen molar-refractivity contribution in [3.05, 3.63) is 29.8 Å². The number of aliphatic imine (C=N–C) groups is 1. The molecule has 30 heavy (non-hydrogen) atoms. The van der Waals surface area contributed by atoms with Crippen LogP contribution in [0.2, 0.25) is 0 Å². The number of benzene rings is 1. The van der Waals surface area contributed by atoms with Crippen LogP contribution in [-0.2, 0) is 11.3 Å². The molecule has 1 amide bonds.